The van der Waals surface area contributed by atoms with Gasteiger partial charge in [-0.3, -0.25) is 0 Å². The highest BCUT2D eigenvalue weighted by Crippen LogP contribution is 2.21. The molecule has 1 aliphatic heterocycles. The second-order valence-electron chi connectivity index (χ2n) is 3.99. The lowest BCUT2D eigenvalue weighted by Crippen LogP contribution is -2.52. The molecule has 1 fully saturated rings. The molecule has 1 rings (SSSR count). The maximum Gasteiger partial charge on any atom is 0.390 e. The van der Waals surface area contributed by atoms with Gasteiger partial charge in [0.2, 0.25) is 0 Å². The van der Waals surface area contributed by atoms with E-state index in [0.29, 0.717) is 13.1 Å². The second-order valence-corrected chi connectivity index (χ2v) is 5.69. The minimum Gasteiger partial charge on any atom is -0.314 e. The summed E-state index contributed by atoms with van der Waals surface area (Å²) in [6.07, 6.45) is -5.54. The van der Waals surface area contributed by atoms with Crippen molar-refractivity contribution in [2.45, 2.75) is 25.6 Å². The van der Waals surface area contributed by atoms with Gasteiger partial charge in [-0.05, 0) is 6.92 Å². The summed E-state index contributed by atoms with van der Waals surface area (Å²) in [7, 11) is -3.81. The standard InChI is InChI=1S/C8H16F3N3O2S/c1-7(6-8(9,10)11)13-17(15,16)14-4-2-12-3-5-14/h7,12-13H,2-6H2,1H3. The van der Waals surface area contributed by atoms with E-state index in [-0.39, 0.29) is 13.1 Å². The minimum atomic E-state index is -4.37. The van der Waals surface area contributed by atoms with Crippen molar-refractivity contribution in [3.05, 3.63) is 0 Å². The molecule has 0 saturated carbocycles. The van der Waals surface area contributed by atoms with E-state index in [2.05, 4.69) is 5.32 Å². The summed E-state index contributed by atoms with van der Waals surface area (Å²) in [4.78, 5) is 0. The van der Waals surface area contributed by atoms with Gasteiger partial charge in [-0.15, -0.1) is 0 Å². The second kappa shape index (κ2) is 5.51. The summed E-state index contributed by atoms with van der Waals surface area (Å²) in [5.74, 6) is 0. The van der Waals surface area contributed by atoms with Crippen molar-refractivity contribution < 1.29 is 21.6 Å². The fourth-order valence-corrected chi connectivity index (χ4v) is 3.01. The molecule has 5 nitrogen and oxygen atoms in total. The molecule has 1 heterocycles. The van der Waals surface area contributed by atoms with Crippen molar-refractivity contribution in [3.63, 3.8) is 0 Å². The zero-order valence-electron chi connectivity index (χ0n) is 9.42. The third kappa shape index (κ3) is 5.19. The molecular formula is C8H16F3N3O2S. The first-order chi connectivity index (χ1) is 7.71. The molecule has 0 aromatic carbocycles. The molecule has 2 N–H and O–H groups in total. The average molecular weight is 275 g/mol. The van der Waals surface area contributed by atoms with Gasteiger partial charge in [0.25, 0.3) is 10.2 Å². The van der Waals surface area contributed by atoms with Gasteiger partial charge in [-0.1, -0.05) is 0 Å². The van der Waals surface area contributed by atoms with Gasteiger partial charge < -0.3 is 5.32 Å². The Morgan fingerprint density at radius 1 is 1.35 bits per heavy atom. The first-order valence-electron chi connectivity index (χ1n) is 5.25. The van der Waals surface area contributed by atoms with E-state index in [1.165, 1.54) is 6.92 Å². The van der Waals surface area contributed by atoms with Crippen molar-refractivity contribution in [1.29, 1.82) is 0 Å². The van der Waals surface area contributed by atoms with Crippen LogP contribution in [0.5, 0.6) is 0 Å². The van der Waals surface area contributed by atoms with Gasteiger partial charge in [0.15, 0.2) is 0 Å². The fraction of sp³-hybridized carbons (Fsp3) is 1.00. The van der Waals surface area contributed by atoms with E-state index in [9.17, 15) is 21.6 Å². The number of piperazine rings is 1. The van der Waals surface area contributed by atoms with Gasteiger partial charge in [0.05, 0.1) is 6.42 Å². The summed E-state index contributed by atoms with van der Waals surface area (Å²) in [6, 6.07) is -1.16. The third-order valence-electron chi connectivity index (χ3n) is 2.30. The smallest absolute Gasteiger partial charge is 0.314 e. The molecular weight excluding hydrogens is 259 g/mol. The van der Waals surface area contributed by atoms with Crippen molar-refractivity contribution in [3.8, 4) is 0 Å². The molecule has 102 valence electrons. The molecule has 9 heteroatoms. The normalized spacial score (nSPS) is 21.4. The van der Waals surface area contributed by atoms with Gasteiger partial charge in [0, 0.05) is 32.2 Å². The molecule has 0 spiro atoms. The predicted octanol–water partition coefficient (Wildman–Crippen LogP) is 0.0669. The lowest BCUT2D eigenvalue weighted by Gasteiger charge is -2.28. The lowest BCUT2D eigenvalue weighted by molar-refractivity contribution is -0.138. The maximum atomic E-state index is 12.1. The van der Waals surface area contributed by atoms with Gasteiger partial charge in [0.1, 0.15) is 0 Å². The average Bonchev–Trinajstić information content (AvgIpc) is 2.15. The van der Waals surface area contributed by atoms with Crippen molar-refractivity contribution in [2.24, 2.45) is 0 Å². The van der Waals surface area contributed by atoms with Crippen LogP contribution in [0.3, 0.4) is 0 Å². The summed E-state index contributed by atoms with van der Waals surface area (Å²) in [5.41, 5.74) is 0. The molecule has 0 aromatic heterocycles. The van der Waals surface area contributed by atoms with Crippen LogP contribution in [0, 0.1) is 0 Å². The van der Waals surface area contributed by atoms with Gasteiger partial charge in [-0.2, -0.15) is 30.6 Å². The van der Waals surface area contributed by atoms with Crippen LogP contribution < -0.4 is 10.0 Å². The molecule has 1 unspecified atom stereocenters. The summed E-state index contributed by atoms with van der Waals surface area (Å²) < 4.78 is 62.8. The minimum absolute atomic E-state index is 0.272. The molecule has 17 heavy (non-hydrogen) atoms. The van der Waals surface area contributed by atoms with Crippen LogP contribution in [-0.2, 0) is 10.2 Å². The Morgan fingerprint density at radius 2 is 1.88 bits per heavy atom. The molecule has 1 saturated heterocycles. The first kappa shape index (κ1) is 14.7. The lowest BCUT2D eigenvalue weighted by atomic mass is 10.2. The molecule has 0 amide bonds. The Kier molecular flexibility index (Phi) is 4.76. The topological polar surface area (TPSA) is 61.4 Å². The number of nitrogens with one attached hydrogen (secondary N) is 2. The highest BCUT2D eigenvalue weighted by atomic mass is 32.2. The summed E-state index contributed by atoms with van der Waals surface area (Å²) in [5, 5.41) is 2.96. The van der Waals surface area contributed by atoms with E-state index in [1.54, 1.807) is 0 Å². The third-order valence-corrected chi connectivity index (χ3v) is 4.05. The Morgan fingerprint density at radius 3 is 2.35 bits per heavy atom. The van der Waals surface area contributed by atoms with Crippen molar-refractivity contribution >= 4 is 10.2 Å². The number of nitrogens with zero attached hydrogens (tertiary/aromatic N) is 1. The van der Waals surface area contributed by atoms with Crippen molar-refractivity contribution in [1.82, 2.24) is 14.3 Å². The predicted molar refractivity (Wildman–Crippen MR) is 56.6 cm³/mol. The maximum absolute atomic E-state index is 12.1. The monoisotopic (exact) mass is 275 g/mol. The van der Waals surface area contributed by atoms with E-state index in [0.717, 1.165) is 4.31 Å². The molecule has 0 radical (unpaired) electrons. The Balaban J connectivity index is 2.53. The van der Waals surface area contributed by atoms with E-state index >= 15 is 0 Å². The van der Waals surface area contributed by atoms with E-state index in [1.807, 2.05) is 4.72 Å². The highest BCUT2D eigenvalue weighted by molar-refractivity contribution is 7.87. The quantitative estimate of drug-likeness (QED) is 0.763. The van der Waals surface area contributed by atoms with Crippen LogP contribution in [0.4, 0.5) is 13.2 Å². The number of hydrogen-bond donors (Lipinski definition) is 2. The zero-order chi connectivity index (χ0) is 13.1. The first-order valence-corrected chi connectivity index (χ1v) is 6.69. The highest BCUT2D eigenvalue weighted by Gasteiger charge is 2.33. The molecule has 0 aliphatic carbocycles. The molecule has 1 atom stereocenters. The van der Waals surface area contributed by atoms with Gasteiger partial charge in [-0.25, -0.2) is 0 Å². The van der Waals surface area contributed by atoms with Crippen LogP contribution in [0.15, 0.2) is 0 Å². The summed E-state index contributed by atoms with van der Waals surface area (Å²) in [6.45, 7) is 2.76. The Hall–Kier alpha value is -0.380. The molecule has 0 bridgehead atoms. The number of halogens is 3. The zero-order valence-corrected chi connectivity index (χ0v) is 10.2. The van der Waals surface area contributed by atoms with Crippen LogP contribution >= 0.6 is 0 Å². The van der Waals surface area contributed by atoms with Crippen LogP contribution in [0.2, 0.25) is 0 Å². The number of rotatable bonds is 4. The van der Waals surface area contributed by atoms with Crippen LogP contribution in [-0.4, -0.2) is 51.1 Å². The Labute approximate surface area is 98.5 Å². The largest absolute Gasteiger partial charge is 0.390 e. The van der Waals surface area contributed by atoms with E-state index < -0.39 is 28.8 Å². The van der Waals surface area contributed by atoms with Crippen LogP contribution in [0.25, 0.3) is 0 Å². The number of alkyl halides is 3. The fourth-order valence-electron chi connectivity index (χ4n) is 1.60. The summed E-state index contributed by atoms with van der Waals surface area (Å²) >= 11 is 0. The Bertz CT molecular complexity index is 338. The molecule has 1 aliphatic rings. The number of hydrogen-bond acceptors (Lipinski definition) is 3. The van der Waals surface area contributed by atoms with Gasteiger partial charge >= 0.3 is 6.18 Å². The van der Waals surface area contributed by atoms with E-state index in [4.69, 9.17) is 0 Å². The van der Waals surface area contributed by atoms with Crippen LogP contribution in [0.1, 0.15) is 13.3 Å². The SMILES string of the molecule is CC(CC(F)(F)F)NS(=O)(=O)N1CCNCC1. The van der Waals surface area contributed by atoms with Crippen molar-refractivity contribution in [2.75, 3.05) is 26.2 Å². The molecule has 0 aromatic rings.